The van der Waals surface area contributed by atoms with Crippen LogP contribution in [-0.4, -0.2) is 28.9 Å². The van der Waals surface area contributed by atoms with E-state index in [0.717, 1.165) is 40.1 Å². The molecule has 0 aliphatic carbocycles. The predicted molar refractivity (Wildman–Crippen MR) is 134 cm³/mol. The van der Waals surface area contributed by atoms with Crippen LogP contribution >= 0.6 is 11.3 Å². The molecule has 1 unspecified atom stereocenters. The number of carboxylic acids is 1. The second-order valence-electron chi connectivity index (χ2n) is 8.33. The summed E-state index contributed by atoms with van der Waals surface area (Å²) in [6, 6.07) is 12.0. The Morgan fingerprint density at radius 2 is 2.09 bits per heavy atom. The summed E-state index contributed by atoms with van der Waals surface area (Å²) in [5, 5.41) is 9.14. The molecule has 8 heteroatoms. The number of carboxylic acid groups (broad SMARTS) is 1. The van der Waals surface area contributed by atoms with Gasteiger partial charge in [-0.25, -0.2) is 9.79 Å². The second-order valence-corrected chi connectivity index (χ2v) is 9.34. The first-order chi connectivity index (χ1) is 16.9. The number of benzene rings is 2. The second kappa shape index (κ2) is 9.03. The van der Waals surface area contributed by atoms with E-state index in [2.05, 4.69) is 6.58 Å². The summed E-state index contributed by atoms with van der Waals surface area (Å²) in [5.41, 5.74) is 4.29. The molecule has 35 heavy (non-hydrogen) atoms. The SMILES string of the molecule is C=C(OCC)C1=C(C)N=c2s/c(=C\c3ccc(C(=O)O)cc3)c(=O)n2C1c1ccc2c(c1)OCC2. The molecule has 2 aromatic carbocycles. The lowest BCUT2D eigenvalue weighted by Crippen LogP contribution is -2.38. The Morgan fingerprint density at radius 3 is 2.80 bits per heavy atom. The first-order valence-electron chi connectivity index (χ1n) is 11.3. The molecule has 0 bridgehead atoms. The van der Waals surface area contributed by atoms with Crippen molar-refractivity contribution in [3.8, 4) is 5.75 Å². The molecule has 0 radical (unpaired) electrons. The molecule has 0 fully saturated rings. The zero-order valence-electron chi connectivity index (χ0n) is 19.4. The van der Waals surface area contributed by atoms with E-state index in [1.807, 2.05) is 32.0 Å². The minimum atomic E-state index is -0.994. The third-order valence-electron chi connectivity index (χ3n) is 6.13. The van der Waals surface area contributed by atoms with Crippen LogP contribution in [0.25, 0.3) is 6.08 Å². The maximum absolute atomic E-state index is 13.7. The van der Waals surface area contributed by atoms with Crippen molar-refractivity contribution in [2.75, 3.05) is 13.2 Å². The molecule has 1 N–H and O–H groups in total. The molecule has 0 spiro atoms. The Kier molecular flexibility index (Phi) is 5.90. The van der Waals surface area contributed by atoms with Crippen molar-refractivity contribution >= 4 is 23.4 Å². The molecular formula is C27H24N2O5S. The maximum Gasteiger partial charge on any atom is 0.335 e. The molecule has 0 amide bonds. The van der Waals surface area contributed by atoms with Crippen molar-refractivity contribution in [1.29, 1.82) is 0 Å². The first-order valence-corrected chi connectivity index (χ1v) is 12.1. The Labute approximate surface area is 205 Å². The smallest absolute Gasteiger partial charge is 0.335 e. The minimum Gasteiger partial charge on any atom is -0.494 e. The lowest BCUT2D eigenvalue weighted by molar-refractivity contribution is 0.0697. The summed E-state index contributed by atoms with van der Waals surface area (Å²) in [4.78, 5) is 30.2. The molecule has 7 nitrogen and oxygen atoms in total. The third-order valence-corrected chi connectivity index (χ3v) is 7.11. The topological polar surface area (TPSA) is 90.1 Å². The average molecular weight is 489 g/mol. The largest absolute Gasteiger partial charge is 0.494 e. The van der Waals surface area contributed by atoms with E-state index in [0.29, 0.717) is 28.3 Å². The van der Waals surface area contributed by atoms with E-state index >= 15 is 0 Å². The van der Waals surface area contributed by atoms with Gasteiger partial charge >= 0.3 is 5.97 Å². The summed E-state index contributed by atoms with van der Waals surface area (Å²) in [6.07, 6.45) is 2.63. The van der Waals surface area contributed by atoms with E-state index in [1.165, 1.54) is 23.5 Å². The number of hydrogen-bond acceptors (Lipinski definition) is 6. The van der Waals surface area contributed by atoms with Gasteiger partial charge in [0.2, 0.25) is 0 Å². The summed E-state index contributed by atoms with van der Waals surface area (Å²) in [5.74, 6) is 0.324. The maximum atomic E-state index is 13.7. The Bertz CT molecular complexity index is 1560. The summed E-state index contributed by atoms with van der Waals surface area (Å²) >= 11 is 1.30. The van der Waals surface area contributed by atoms with Crippen molar-refractivity contribution in [2.24, 2.45) is 4.99 Å². The fourth-order valence-electron chi connectivity index (χ4n) is 4.47. The Hall–Kier alpha value is -3.91. The predicted octanol–water partition coefficient (Wildman–Crippen LogP) is 3.42. The number of nitrogens with zero attached hydrogens (tertiary/aromatic N) is 2. The number of allylic oxidation sites excluding steroid dienone is 2. The molecule has 3 heterocycles. The van der Waals surface area contributed by atoms with Crippen LogP contribution in [0.5, 0.6) is 5.75 Å². The number of hydrogen-bond donors (Lipinski definition) is 1. The highest BCUT2D eigenvalue weighted by Crippen LogP contribution is 2.37. The Balaban J connectivity index is 1.68. The van der Waals surface area contributed by atoms with Gasteiger partial charge in [0, 0.05) is 17.7 Å². The van der Waals surface area contributed by atoms with Gasteiger partial charge < -0.3 is 14.6 Å². The van der Waals surface area contributed by atoms with E-state index in [4.69, 9.17) is 19.6 Å². The quantitative estimate of drug-likeness (QED) is 0.537. The highest BCUT2D eigenvalue weighted by atomic mass is 32.1. The lowest BCUT2D eigenvalue weighted by atomic mass is 9.93. The number of thiazole rings is 1. The molecule has 0 saturated heterocycles. The molecular weight excluding hydrogens is 464 g/mol. The number of rotatable bonds is 6. The summed E-state index contributed by atoms with van der Waals surface area (Å²) < 4.78 is 13.8. The van der Waals surface area contributed by atoms with Gasteiger partial charge in [-0.2, -0.15) is 0 Å². The molecule has 0 saturated carbocycles. The third kappa shape index (κ3) is 4.10. The number of carbonyl (C=O) groups is 1. The van der Waals surface area contributed by atoms with Crippen LogP contribution in [0.15, 0.2) is 75.9 Å². The van der Waals surface area contributed by atoms with Crippen molar-refractivity contribution in [3.63, 3.8) is 0 Å². The molecule has 2 aliphatic heterocycles. The molecule has 1 aromatic heterocycles. The van der Waals surface area contributed by atoms with Crippen molar-refractivity contribution < 1.29 is 19.4 Å². The van der Waals surface area contributed by atoms with Gasteiger partial charge in [0.05, 0.1) is 29.4 Å². The van der Waals surface area contributed by atoms with Crippen LogP contribution in [0.4, 0.5) is 0 Å². The molecule has 2 aliphatic rings. The standard InChI is InChI=1S/C27H24N2O5S/c1-4-33-16(3)23-15(2)28-27-29(24(23)20-10-9-18-11-12-34-21(18)14-20)25(30)22(35-27)13-17-5-7-19(8-6-17)26(31)32/h5-10,13-14,24H,3-4,11-12H2,1-2H3,(H,31,32)/b22-13-. The number of fused-ring (bicyclic) bond motifs is 2. The van der Waals surface area contributed by atoms with Gasteiger partial charge in [-0.1, -0.05) is 42.2 Å². The highest BCUT2D eigenvalue weighted by Gasteiger charge is 2.31. The normalized spacial score (nSPS) is 16.9. The molecule has 5 rings (SSSR count). The molecule has 1 atom stereocenters. The summed E-state index contributed by atoms with van der Waals surface area (Å²) in [7, 11) is 0. The number of aromatic nitrogens is 1. The van der Waals surface area contributed by atoms with E-state index in [-0.39, 0.29) is 11.1 Å². The van der Waals surface area contributed by atoms with Crippen LogP contribution in [-0.2, 0) is 11.2 Å². The van der Waals surface area contributed by atoms with Crippen LogP contribution < -0.4 is 19.6 Å². The monoisotopic (exact) mass is 488 g/mol. The van der Waals surface area contributed by atoms with Crippen LogP contribution in [0.2, 0.25) is 0 Å². The minimum absolute atomic E-state index is 0.184. The van der Waals surface area contributed by atoms with Gasteiger partial charge in [0.25, 0.3) is 5.56 Å². The lowest BCUT2D eigenvalue weighted by Gasteiger charge is -2.27. The first kappa shape index (κ1) is 22.9. The van der Waals surface area contributed by atoms with Crippen molar-refractivity contribution in [3.05, 3.63) is 108 Å². The van der Waals surface area contributed by atoms with Gasteiger partial charge in [0.15, 0.2) is 4.80 Å². The van der Waals surface area contributed by atoms with Crippen molar-refractivity contribution in [2.45, 2.75) is 26.3 Å². The fraction of sp³-hybridized carbons (Fsp3) is 0.222. The van der Waals surface area contributed by atoms with Gasteiger partial charge in [-0.3, -0.25) is 9.36 Å². The van der Waals surface area contributed by atoms with Gasteiger partial charge in [0.1, 0.15) is 11.5 Å². The highest BCUT2D eigenvalue weighted by molar-refractivity contribution is 7.07. The van der Waals surface area contributed by atoms with Gasteiger partial charge in [-0.15, -0.1) is 0 Å². The zero-order chi connectivity index (χ0) is 24.7. The molecule has 178 valence electrons. The van der Waals surface area contributed by atoms with Crippen LogP contribution in [0, 0.1) is 0 Å². The summed E-state index contributed by atoms with van der Waals surface area (Å²) in [6.45, 7) is 9.02. The van der Waals surface area contributed by atoms with Gasteiger partial charge in [-0.05, 0) is 54.8 Å². The zero-order valence-corrected chi connectivity index (χ0v) is 20.2. The van der Waals surface area contributed by atoms with Crippen LogP contribution in [0.3, 0.4) is 0 Å². The Morgan fingerprint density at radius 1 is 1.31 bits per heavy atom. The van der Waals surface area contributed by atoms with E-state index < -0.39 is 12.0 Å². The average Bonchev–Trinajstić information content (AvgIpc) is 3.42. The fourth-order valence-corrected chi connectivity index (χ4v) is 5.52. The van der Waals surface area contributed by atoms with E-state index in [1.54, 1.807) is 22.8 Å². The molecule has 3 aromatic rings. The van der Waals surface area contributed by atoms with Crippen LogP contribution in [0.1, 0.15) is 46.9 Å². The van der Waals surface area contributed by atoms with E-state index in [9.17, 15) is 9.59 Å². The number of aromatic carboxylic acids is 1. The van der Waals surface area contributed by atoms with Crippen molar-refractivity contribution in [1.82, 2.24) is 4.57 Å². The number of ether oxygens (including phenoxy) is 2.